The van der Waals surface area contributed by atoms with E-state index in [2.05, 4.69) is 58.7 Å². The Kier molecular flexibility index (Phi) is 6.15. The molecule has 3 atom stereocenters. The number of rotatable bonds is 6. The second kappa shape index (κ2) is 9.86. The van der Waals surface area contributed by atoms with Crippen molar-refractivity contribution in [2.45, 2.75) is 57.0 Å². The van der Waals surface area contributed by atoms with E-state index < -0.39 is 0 Å². The van der Waals surface area contributed by atoms with E-state index in [0.717, 1.165) is 66.3 Å². The lowest BCUT2D eigenvalue weighted by atomic mass is 9.92. The van der Waals surface area contributed by atoms with Gasteiger partial charge < -0.3 is 16.0 Å². The Morgan fingerprint density at radius 1 is 1.12 bits per heavy atom. The Bertz CT molecular complexity index is 1620. The maximum atomic E-state index is 12.1. The normalized spacial score (nSPS) is 22.4. The summed E-state index contributed by atoms with van der Waals surface area (Å²) in [6.45, 7) is 7.42. The van der Waals surface area contributed by atoms with Crippen molar-refractivity contribution in [2.24, 2.45) is 5.92 Å². The number of nitrogens with one attached hydrogen (secondary N) is 1. The molecule has 0 spiro atoms. The van der Waals surface area contributed by atoms with Crippen LogP contribution in [0, 0.1) is 5.92 Å². The second-order valence-electron chi connectivity index (χ2n) is 11.6. The van der Waals surface area contributed by atoms with E-state index in [1.807, 2.05) is 17.0 Å². The highest BCUT2D eigenvalue weighted by Gasteiger charge is 2.32. The fraction of sp³-hybridized carbons (Fsp3) is 0.375. The van der Waals surface area contributed by atoms with Crippen molar-refractivity contribution < 1.29 is 4.79 Å². The minimum Gasteiger partial charge on any atom is -0.383 e. The molecule has 4 aromatic rings. The third-order valence-electron chi connectivity index (χ3n) is 8.87. The highest BCUT2D eigenvalue weighted by molar-refractivity contribution is 5.87. The number of nitrogens with two attached hydrogens (primary N) is 1. The van der Waals surface area contributed by atoms with Gasteiger partial charge >= 0.3 is 0 Å². The first kappa shape index (κ1) is 25.0. The van der Waals surface area contributed by atoms with Crippen molar-refractivity contribution in [3.05, 3.63) is 78.1 Å². The van der Waals surface area contributed by atoms with Gasteiger partial charge in [0.1, 0.15) is 11.3 Å². The van der Waals surface area contributed by atoms with Crippen molar-refractivity contribution >= 4 is 22.9 Å². The molecule has 0 bridgehead atoms. The van der Waals surface area contributed by atoms with Crippen molar-refractivity contribution in [3.63, 3.8) is 0 Å². The Hall–Kier alpha value is -4.04. The molecule has 7 rings (SSSR count). The summed E-state index contributed by atoms with van der Waals surface area (Å²) >= 11 is 0. The zero-order valence-electron chi connectivity index (χ0n) is 22.9. The number of piperidine rings is 1. The summed E-state index contributed by atoms with van der Waals surface area (Å²) in [6, 6.07) is 15.5. The number of aryl methyl sites for hydroxylation is 1. The van der Waals surface area contributed by atoms with Crippen molar-refractivity contribution in [2.75, 3.05) is 18.8 Å². The third kappa shape index (κ3) is 4.36. The van der Waals surface area contributed by atoms with Crippen molar-refractivity contribution in [3.8, 4) is 17.1 Å². The van der Waals surface area contributed by atoms with Crippen LogP contribution in [0.5, 0.6) is 0 Å². The maximum Gasteiger partial charge on any atom is 0.245 e. The summed E-state index contributed by atoms with van der Waals surface area (Å²) in [5.74, 6) is 2.19. The first-order chi connectivity index (χ1) is 19.5. The Balaban J connectivity index is 1.22. The predicted octanol–water partition coefficient (Wildman–Crippen LogP) is 4.94. The van der Waals surface area contributed by atoms with Gasteiger partial charge in [-0.1, -0.05) is 19.6 Å². The van der Waals surface area contributed by atoms with Crippen LogP contribution >= 0.6 is 0 Å². The summed E-state index contributed by atoms with van der Waals surface area (Å²) in [5.41, 5.74) is 13.8. The molecule has 1 aliphatic heterocycles. The van der Waals surface area contributed by atoms with Crippen LogP contribution in [0.1, 0.15) is 61.4 Å². The van der Waals surface area contributed by atoms with Gasteiger partial charge in [0.05, 0.1) is 5.56 Å². The lowest BCUT2D eigenvalue weighted by Gasteiger charge is -2.38. The number of nitrogen functional groups attached to an aromatic ring is 1. The van der Waals surface area contributed by atoms with Gasteiger partial charge in [0.15, 0.2) is 11.5 Å². The molecule has 4 heterocycles. The number of carbonyl (C=O) groups is 1. The molecule has 3 aromatic heterocycles. The van der Waals surface area contributed by atoms with Crippen molar-refractivity contribution in [1.29, 1.82) is 0 Å². The number of benzene rings is 1. The summed E-state index contributed by atoms with van der Waals surface area (Å²) in [6.07, 6.45) is 8.56. The molecule has 2 aliphatic carbocycles. The first-order valence-electron chi connectivity index (χ1n) is 14.4. The molecule has 3 aliphatic rings. The van der Waals surface area contributed by atoms with E-state index in [1.54, 1.807) is 6.20 Å². The Morgan fingerprint density at radius 2 is 2.00 bits per heavy atom. The summed E-state index contributed by atoms with van der Waals surface area (Å²) < 4.78 is 2.16. The number of likely N-dealkylation sites (tertiary alicyclic amines) is 1. The number of hydrogen-bond acceptors (Lipinski definition) is 6. The van der Waals surface area contributed by atoms with Crippen LogP contribution in [0.4, 0.5) is 5.82 Å². The standard InChI is InChI=1S/C32H35N7O/c1-3-29(40)38-16-14-25(19(2)18-38)35-27-11-8-21-17-22(9-10-23(21)27)39-31(24-5-4-15-34-30(24)33)37-28-13-12-26(20-6-7-20)36-32(28)39/h3-5,9-10,12-13,15,17,19-20,25,27,35H,1,6-8,11,14,16,18H2,2H3,(H2,33,34)/t19?,25?,27-/m0/s1. The molecule has 1 saturated heterocycles. The van der Waals surface area contributed by atoms with Crippen LogP contribution in [-0.4, -0.2) is 49.5 Å². The quantitative estimate of drug-likeness (QED) is 0.341. The molecule has 40 heavy (non-hydrogen) atoms. The third-order valence-corrected chi connectivity index (χ3v) is 8.87. The van der Waals surface area contributed by atoms with E-state index in [9.17, 15) is 4.79 Å². The van der Waals surface area contributed by atoms with Gasteiger partial charge in [-0.15, -0.1) is 0 Å². The van der Waals surface area contributed by atoms with Gasteiger partial charge in [0, 0.05) is 48.7 Å². The first-order valence-corrected chi connectivity index (χ1v) is 14.4. The molecule has 2 unspecified atom stereocenters. The van der Waals surface area contributed by atoms with Gasteiger partial charge in [0.2, 0.25) is 5.91 Å². The van der Waals surface area contributed by atoms with E-state index in [4.69, 9.17) is 15.7 Å². The van der Waals surface area contributed by atoms with Gasteiger partial charge in [-0.2, -0.15) is 0 Å². The summed E-state index contributed by atoms with van der Waals surface area (Å²) in [4.78, 5) is 28.4. The van der Waals surface area contributed by atoms with Gasteiger partial charge in [-0.05, 0) is 91.6 Å². The number of aromatic nitrogens is 4. The Morgan fingerprint density at radius 3 is 2.77 bits per heavy atom. The monoisotopic (exact) mass is 533 g/mol. The maximum absolute atomic E-state index is 12.1. The molecular formula is C32H35N7O. The number of hydrogen-bond donors (Lipinski definition) is 2. The van der Waals surface area contributed by atoms with E-state index in [0.29, 0.717) is 29.7 Å². The van der Waals surface area contributed by atoms with Crippen LogP contribution in [-0.2, 0) is 11.2 Å². The fourth-order valence-corrected chi connectivity index (χ4v) is 6.51. The molecule has 1 amide bonds. The zero-order chi connectivity index (χ0) is 27.4. The van der Waals surface area contributed by atoms with Crippen molar-refractivity contribution in [1.82, 2.24) is 29.7 Å². The molecule has 1 saturated carbocycles. The fourth-order valence-electron chi connectivity index (χ4n) is 6.51. The minimum absolute atomic E-state index is 0.0298. The van der Waals surface area contributed by atoms with Crippen LogP contribution in [0.15, 0.2) is 61.3 Å². The number of anilines is 1. The smallest absolute Gasteiger partial charge is 0.245 e. The minimum atomic E-state index is 0.0298. The Labute approximate surface area is 234 Å². The van der Waals surface area contributed by atoms with E-state index in [-0.39, 0.29) is 5.91 Å². The largest absolute Gasteiger partial charge is 0.383 e. The van der Waals surface area contributed by atoms with Crippen LogP contribution in [0.25, 0.3) is 28.2 Å². The number of fused-ring (bicyclic) bond motifs is 2. The molecule has 0 radical (unpaired) electrons. The molecule has 204 valence electrons. The van der Waals surface area contributed by atoms with Gasteiger partial charge in [-0.3, -0.25) is 9.36 Å². The molecule has 2 fully saturated rings. The average molecular weight is 534 g/mol. The number of carbonyl (C=O) groups excluding carboxylic acids is 1. The SMILES string of the molecule is C=CC(=O)N1CCC(N[C@H]2CCc3cc(-n4c(-c5cccnc5N)nc5ccc(C6CC6)nc54)ccc32)C(C)C1. The van der Waals surface area contributed by atoms with Gasteiger partial charge in [-0.25, -0.2) is 15.0 Å². The van der Waals surface area contributed by atoms with Gasteiger partial charge in [0.25, 0.3) is 0 Å². The molecule has 8 nitrogen and oxygen atoms in total. The summed E-state index contributed by atoms with van der Waals surface area (Å²) in [7, 11) is 0. The van der Waals surface area contributed by atoms with Crippen LogP contribution in [0.2, 0.25) is 0 Å². The number of pyridine rings is 2. The highest BCUT2D eigenvalue weighted by Crippen LogP contribution is 2.41. The molecule has 3 N–H and O–H groups in total. The topological polar surface area (TPSA) is 102 Å². The molecule has 8 heteroatoms. The van der Waals surface area contributed by atoms with E-state index >= 15 is 0 Å². The predicted molar refractivity (Wildman–Crippen MR) is 157 cm³/mol. The number of nitrogens with zero attached hydrogens (tertiary/aromatic N) is 5. The lowest BCUT2D eigenvalue weighted by molar-refractivity contribution is -0.128. The lowest BCUT2D eigenvalue weighted by Crippen LogP contribution is -2.50. The van der Waals surface area contributed by atoms with E-state index in [1.165, 1.54) is 30.0 Å². The molecular weight excluding hydrogens is 498 g/mol. The number of amides is 1. The second-order valence-corrected chi connectivity index (χ2v) is 11.6. The highest BCUT2D eigenvalue weighted by atomic mass is 16.2. The zero-order valence-corrected chi connectivity index (χ0v) is 22.9. The molecule has 1 aromatic carbocycles. The van der Waals surface area contributed by atoms with Crippen LogP contribution < -0.4 is 11.1 Å². The van der Waals surface area contributed by atoms with Crippen LogP contribution in [0.3, 0.4) is 0 Å². The number of imidazole rings is 1. The summed E-state index contributed by atoms with van der Waals surface area (Å²) in [5, 5.41) is 3.94. The average Bonchev–Trinajstić information content (AvgIpc) is 3.65.